The summed E-state index contributed by atoms with van der Waals surface area (Å²) in [6, 6.07) is 7.42. The molecule has 0 aliphatic heterocycles. The Kier molecular flexibility index (Phi) is 2.04. The third-order valence-corrected chi connectivity index (χ3v) is 2.77. The van der Waals surface area contributed by atoms with Crippen molar-refractivity contribution in [3.8, 4) is 0 Å². The second-order valence-electron chi connectivity index (χ2n) is 3.70. The van der Waals surface area contributed by atoms with Gasteiger partial charge in [0.25, 0.3) is 0 Å². The van der Waals surface area contributed by atoms with Crippen LogP contribution in [0.5, 0.6) is 0 Å². The number of aldehydes is 1. The zero-order valence-corrected chi connectivity index (χ0v) is 8.91. The van der Waals surface area contributed by atoms with E-state index >= 15 is 0 Å². The van der Waals surface area contributed by atoms with Crippen LogP contribution < -0.4 is 5.69 Å². The van der Waals surface area contributed by atoms with E-state index in [0.717, 1.165) is 17.2 Å². The average Bonchev–Trinajstić information content (AvgIpc) is 2.84. The van der Waals surface area contributed by atoms with Gasteiger partial charge in [-0.1, -0.05) is 12.1 Å². The molecule has 0 atom stereocenters. The molecule has 0 bridgehead atoms. The first kappa shape index (κ1) is 9.77. The maximum absolute atomic E-state index is 12.1. The molecule has 3 aromatic rings. The van der Waals surface area contributed by atoms with Crippen LogP contribution >= 0.6 is 0 Å². The zero-order valence-electron chi connectivity index (χ0n) is 8.91. The van der Waals surface area contributed by atoms with Gasteiger partial charge in [0, 0.05) is 17.8 Å². The summed E-state index contributed by atoms with van der Waals surface area (Å²) in [7, 11) is 0. The number of para-hydroxylation sites is 1. The summed E-state index contributed by atoms with van der Waals surface area (Å²) < 4.78 is 2.89. The summed E-state index contributed by atoms with van der Waals surface area (Å²) in [5, 5.41) is 0.860. The molecular formula is C12H9N3O2. The van der Waals surface area contributed by atoms with Crippen LogP contribution in [0.15, 0.2) is 41.5 Å². The number of hydrogen-bond acceptors (Lipinski definition) is 3. The number of nitrogens with zero attached hydrogens (tertiary/aromatic N) is 3. The number of fused-ring (bicyclic) bond motifs is 3. The molecule has 2 heterocycles. The number of rotatable bonds is 2. The van der Waals surface area contributed by atoms with Crippen LogP contribution in [-0.4, -0.2) is 20.2 Å². The lowest BCUT2D eigenvalue weighted by molar-refractivity contribution is -0.108. The molecule has 5 nitrogen and oxygen atoms in total. The van der Waals surface area contributed by atoms with Gasteiger partial charge >= 0.3 is 5.69 Å². The van der Waals surface area contributed by atoms with Crippen molar-refractivity contribution < 1.29 is 4.79 Å². The number of aromatic nitrogens is 3. The van der Waals surface area contributed by atoms with E-state index in [9.17, 15) is 9.59 Å². The van der Waals surface area contributed by atoms with Crippen molar-refractivity contribution in [3.63, 3.8) is 0 Å². The lowest BCUT2D eigenvalue weighted by Crippen LogP contribution is -2.27. The first-order chi connectivity index (χ1) is 8.33. The Bertz CT molecular complexity index is 770. The zero-order chi connectivity index (χ0) is 11.8. The monoisotopic (exact) mass is 227 g/mol. The number of hydrogen-bond donors (Lipinski definition) is 0. The summed E-state index contributed by atoms with van der Waals surface area (Å²) in [5.41, 5.74) is 1.10. The highest BCUT2D eigenvalue weighted by atomic mass is 16.1. The summed E-state index contributed by atoms with van der Waals surface area (Å²) in [6.07, 6.45) is 3.90. The van der Waals surface area contributed by atoms with Crippen molar-refractivity contribution >= 4 is 22.8 Å². The highest BCUT2D eigenvalue weighted by molar-refractivity contribution is 5.91. The molecule has 3 rings (SSSR count). The second kappa shape index (κ2) is 3.55. The van der Waals surface area contributed by atoms with E-state index < -0.39 is 0 Å². The lowest BCUT2D eigenvalue weighted by Gasteiger charge is -2.08. The standard InChI is InChI=1S/C12H9N3O2/c16-8-7-14-10-4-2-1-3-9(10)11-13-5-6-15(11)12(14)17/h1-6,8H,7H2. The van der Waals surface area contributed by atoms with Gasteiger partial charge < -0.3 is 4.79 Å². The minimum atomic E-state index is -0.247. The Balaban J connectivity index is 2.61. The van der Waals surface area contributed by atoms with Crippen molar-refractivity contribution in [2.45, 2.75) is 6.54 Å². The predicted molar refractivity (Wildman–Crippen MR) is 63.0 cm³/mol. The lowest BCUT2D eigenvalue weighted by atomic mass is 10.2. The predicted octanol–water partition coefficient (Wildman–Crippen LogP) is 0.848. The maximum atomic E-state index is 12.1. The van der Waals surface area contributed by atoms with Gasteiger partial charge in [-0.2, -0.15) is 0 Å². The Morgan fingerprint density at radius 3 is 2.94 bits per heavy atom. The highest BCUT2D eigenvalue weighted by Gasteiger charge is 2.09. The fourth-order valence-electron chi connectivity index (χ4n) is 2.04. The van der Waals surface area contributed by atoms with Crippen LogP contribution in [0, 0.1) is 0 Å². The fourth-order valence-corrected chi connectivity index (χ4v) is 2.04. The van der Waals surface area contributed by atoms with E-state index in [1.54, 1.807) is 12.4 Å². The molecule has 17 heavy (non-hydrogen) atoms. The van der Waals surface area contributed by atoms with Gasteiger partial charge in [0.05, 0.1) is 12.1 Å². The van der Waals surface area contributed by atoms with E-state index in [0.29, 0.717) is 5.65 Å². The molecule has 0 saturated heterocycles. The van der Waals surface area contributed by atoms with E-state index in [2.05, 4.69) is 4.98 Å². The third kappa shape index (κ3) is 1.29. The normalized spacial score (nSPS) is 11.1. The molecule has 5 heteroatoms. The molecule has 0 saturated carbocycles. The van der Waals surface area contributed by atoms with Crippen LogP contribution in [0.25, 0.3) is 16.6 Å². The first-order valence-electron chi connectivity index (χ1n) is 5.21. The SMILES string of the molecule is O=CCn1c(=O)n2ccnc2c2ccccc21. The summed E-state index contributed by atoms with van der Waals surface area (Å²) >= 11 is 0. The molecule has 0 unspecified atom stereocenters. The Labute approximate surface area is 95.9 Å². The van der Waals surface area contributed by atoms with Crippen molar-refractivity contribution in [2.75, 3.05) is 0 Å². The van der Waals surface area contributed by atoms with Gasteiger partial charge in [-0.05, 0) is 12.1 Å². The maximum Gasteiger partial charge on any atom is 0.334 e. The summed E-state index contributed by atoms with van der Waals surface area (Å²) in [4.78, 5) is 27.0. The largest absolute Gasteiger partial charge is 0.334 e. The van der Waals surface area contributed by atoms with Gasteiger partial charge in [0.1, 0.15) is 11.9 Å². The minimum Gasteiger partial charge on any atom is -0.301 e. The van der Waals surface area contributed by atoms with Gasteiger partial charge in [0.15, 0.2) is 0 Å². The van der Waals surface area contributed by atoms with E-state index in [1.165, 1.54) is 8.97 Å². The average molecular weight is 227 g/mol. The molecule has 84 valence electrons. The second-order valence-corrected chi connectivity index (χ2v) is 3.70. The van der Waals surface area contributed by atoms with Crippen LogP contribution in [0.3, 0.4) is 0 Å². The van der Waals surface area contributed by atoms with Gasteiger partial charge in [-0.25, -0.2) is 9.78 Å². The summed E-state index contributed by atoms with van der Waals surface area (Å²) in [5.74, 6) is 0. The van der Waals surface area contributed by atoms with Crippen molar-refractivity contribution in [1.29, 1.82) is 0 Å². The highest BCUT2D eigenvalue weighted by Crippen LogP contribution is 2.16. The first-order valence-corrected chi connectivity index (χ1v) is 5.21. The van der Waals surface area contributed by atoms with E-state index in [1.807, 2.05) is 24.3 Å². The smallest absolute Gasteiger partial charge is 0.301 e. The molecule has 2 aromatic heterocycles. The Hall–Kier alpha value is -2.43. The van der Waals surface area contributed by atoms with Crippen molar-refractivity contribution in [1.82, 2.24) is 14.0 Å². The van der Waals surface area contributed by atoms with Crippen LogP contribution in [0.4, 0.5) is 0 Å². The molecule has 0 N–H and O–H groups in total. The van der Waals surface area contributed by atoms with Crippen molar-refractivity contribution in [3.05, 3.63) is 47.1 Å². The third-order valence-electron chi connectivity index (χ3n) is 2.77. The summed E-state index contributed by atoms with van der Waals surface area (Å²) in [6.45, 7) is 0.0491. The number of imidazole rings is 1. The molecule has 0 aliphatic carbocycles. The topological polar surface area (TPSA) is 56.4 Å². The van der Waals surface area contributed by atoms with Crippen LogP contribution in [0.1, 0.15) is 0 Å². The number of benzene rings is 1. The van der Waals surface area contributed by atoms with E-state index in [4.69, 9.17) is 0 Å². The van der Waals surface area contributed by atoms with Gasteiger partial charge in [-0.3, -0.25) is 8.97 Å². The quantitative estimate of drug-likeness (QED) is 0.610. The Morgan fingerprint density at radius 2 is 2.12 bits per heavy atom. The van der Waals surface area contributed by atoms with Crippen LogP contribution in [-0.2, 0) is 11.3 Å². The molecular weight excluding hydrogens is 218 g/mol. The molecule has 0 spiro atoms. The number of carbonyl (C=O) groups is 1. The van der Waals surface area contributed by atoms with Gasteiger partial charge in [-0.15, -0.1) is 0 Å². The Morgan fingerprint density at radius 1 is 1.29 bits per heavy atom. The van der Waals surface area contributed by atoms with Crippen LogP contribution in [0.2, 0.25) is 0 Å². The molecule has 0 fully saturated rings. The molecule has 1 aromatic carbocycles. The molecule has 0 radical (unpaired) electrons. The van der Waals surface area contributed by atoms with Crippen molar-refractivity contribution in [2.24, 2.45) is 0 Å². The molecule has 0 amide bonds. The molecule has 0 aliphatic rings. The minimum absolute atomic E-state index is 0.0491. The van der Waals surface area contributed by atoms with Gasteiger partial charge in [0.2, 0.25) is 0 Å². The fraction of sp³-hybridized carbons (Fsp3) is 0.0833. The van der Waals surface area contributed by atoms with E-state index in [-0.39, 0.29) is 12.2 Å². The number of carbonyl (C=O) groups excluding carboxylic acids is 1.